The van der Waals surface area contributed by atoms with Gasteiger partial charge in [-0.05, 0) is 19.1 Å². The van der Waals surface area contributed by atoms with E-state index in [0.29, 0.717) is 0 Å². The van der Waals surface area contributed by atoms with Gasteiger partial charge in [-0.25, -0.2) is 0 Å². The Morgan fingerprint density at radius 3 is 3.00 bits per heavy atom. The summed E-state index contributed by atoms with van der Waals surface area (Å²) in [4.78, 5) is 4.31. The fraction of sp³-hybridized carbons (Fsp3) is 0.833. The third kappa shape index (κ3) is 3.65. The highest BCUT2D eigenvalue weighted by Crippen LogP contribution is 2.00. The van der Waals surface area contributed by atoms with Crippen molar-refractivity contribution >= 4 is 40.9 Å². The van der Waals surface area contributed by atoms with Gasteiger partial charge in [-0.3, -0.25) is 4.99 Å². The van der Waals surface area contributed by atoms with Crippen molar-refractivity contribution in [1.82, 2.24) is 5.32 Å². The molecule has 60 valence electrons. The highest BCUT2D eigenvalue weighted by molar-refractivity contribution is 14.0. The summed E-state index contributed by atoms with van der Waals surface area (Å²) in [5.41, 5.74) is 0. The summed E-state index contributed by atoms with van der Waals surface area (Å²) in [6.45, 7) is 2.10. The molecule has 1 aliphatic rings. The highest BCUT2D eigenvalue weighted by atomic mass is 127. The molecule has 0 saturated heterocycles. The first-order valence-corrected chi connectivity index (χ1v) is 4.48. The van der Waals surface area contributed by atoms with Gasteiger partial charge < -0.3 is 5.32 Å². The van der Waals surface area contributed by atoms with E-state index >= 15 is 0 Å². The van der Waals surface area contributed by atoms with E-state index in [2.05, 4.69) is 16.6 Å². The number of halogens is 1. The molecule has 0 fully saturated rings. The fourth-order valence-corrected chi connectivity index (χ4v) is 1.27. The van der Waals surface area contributed by atoms with Crippen LogP contribution in [-0.4, -0.2) is 24.5 Å². The van der Waals surface area contributed by atoms with Crippen molar-refractivity contribution < 1.29 is 0 Å². The van der Waals surface area contributed by atoms with Crippen molar-refractivity contribution in [2.45, 2.75) is 12.8 Å². The minimum atomic E-state index is 0. The molecule has 10 heavy (non-hydrogen) atoms. The molecular weight excluding hydrogens is 259 g/mol. The normalized spacial score (nSPS) is 17.9. The predicted octanol–water partition coefficient (Wildman–Crippen LogP) is 1.71. The second-order valence-corrected chi connectivity index (χ2v) is 2.82. The second kappa shape index (κ2) is 6.27. The van der Waals surface area contributed by atoms with Gasteiger partial charge in [-0.1, -0.05) is 11.8 Å². The van der Waals surface area contributed by atoms with Crippen LogP contribution in [0.15, 0.2) is 4.99 Å². The summed E-state index contributed by atoms with van der Waals surface area (Å²) in [7, 11) is 0. The molecule has 0 radical (unpaired) electrons. The number of rotatable bonds is 0. The largest absolute Gasteiger partial charge is 0.365 e. The van der Waals surface area contributed by atoms with Crippen LogP contribution < -0.4 is 5.32 Å². The average Bonchev–Trinajstić information content (AvgIpc) is 2.13. The minimum Gasteiger partial charge on any atom is -0.365 e. The summed E-state index contributed by atoms with van der Waals surface area (Å²) in [6.07, 6.45) is 4.54. The molecule has 0 aromatic carbocycles. The molecule has 0 aromatic heterocycles. The van der Waals surface area contributed by atoms with Gasteiger partial charge in [-0.15, -0.1) is 24.0 Å². The maximum atomic E-state index is 4.31. The maximum Gasteiger partial charge on any atom is 0.156 e. The lowest BCUT2D eigenvalue weighted by molar-refractivity contribution is 0.750. The molecule has 0 spiro atoms. The minimum absolute atomic E-state index is 0. The van der Waals surface area contributed by atoms with Gasteiger partial charge in [0.05, 0.1) is 0 Å². The number of nitrogens with zero attached hydrogens (tertiary/aromatic N) is 1. The first kappa shape index (κ1) is 10.6. The van der Waals surface area contributed by atoms with Crippen LogP contribution in [0.3, 0.4) is 0 Å². The predicted molar refractivity (Wildman–Crippen MR) is 58.5 cm³/mol. The molecule has 0 saturated carbocycles. The summed E-state index contributed by atoms with van der Waals surface area (Å²) in [6, 6.07) is 0. The average molecular weight is 272 g/mol. The van der Waals surface area contributed by atoms with Crippen molar-refractivity contribution in [3.05, 3.63) is 0 Å². The number of thioether (sulfide) groups is 1. The van der Waals surface area contributed by atoms with E-state index in [4.69, 9.17) is 0 Å². The van der Waals surface area contributed by atoms with Crippen LogP contribution in [0.25, 0.3) is 0 Å². The van der Waals surface area contributed by atoms with E-state index in [9.17, 15) is 0 Å². The Balaban J connectivity index is 0.000000810. The van der Waals surface area contributed by atoms with E-state index in [-0.39, 0.29) is 24.0 Å². The fourth-order valence-electron chi connectivity index (χ4n) is 0.805. The Morgan fingerprint density at radius 2 is 2.30 bits per heavy atom. The first-order chi connectivity index (χ1) is 4.43. The lowest BCUT2D eigenvalue weighted by atomic mass is 10.3. The van der Waals surface area contributed by atoms with Gasteiger partial charge in [0.25, 0.3) is 0 Å². The lowest BCUT2D eigenvalue weighted by Crippen LogP contribution is -2.19. The molecule has 0 bridgehead atoms. The molecule has 0 unspecified atom stereocenters. The van der Waals surface area contributed by atoms with E-state index < -0.39 is 0 Å². The molecule has 0 atom stereocenters. The van der Waals surface area contributed by atoms with Crippen LogP contribution in [0, 0.1) is 0 Å². The van der Waals surface area contributed by atoms with Crippen LogP contribution in [0.5, 0.6) is 0 Å². The highest BCUT2D eigenvalue weighted by Gasteiger charge is 1.98. The molecule has 1 rings (SSSR count). The van der Waals surface area contributed by atoms with E-state index in [1.807, 2.05) is 0 Å². The monoisotopic (exact) mass is 272 g/mol. The van der Waals surface area contributed by atoms with Gasteiger partial charge in [0.15, 0.2) is 5.17 Å². The van der Waals surface area contributed by atoms with Crippen molar-refractivity contribution in [2.24, 2.45) is 4.99 Å². The van der Waals surface area contributed by atoms with Crippen molar-refractivity contribution in [3.63, 3.8) is 0 Å². The Hall–Kier alpha value is 0.550. The molecule has 1 heterocycles. The smallest absolute Gasteiger partial charge is 0.156 e. The first-order valence-electron chi connectivity index (χ1n) is 3.26. The topological polar surface area (TPSA) is 24.4 Å². The number of amidine groups is 1. The molecule has 1 N–H and O–H groups in total. The van der Waals surface area contributed by atoms with Gasteiger partial charge in [0, 0.05) is 13.1 Å². The molecule has 0 amide bonds. The van der Waals surface area contributed by atoms with Crippen LogP contribution >= 0.6 is 35.7 Å². The number of aliphatic imine (C=N–C) groups is 1. The number of nitrogens with one attached hydrogen (secondary N) is 1. The van der Waals surface area contributed by atoms with Crippen LogP contribution in [0.1, 0.15) is 12.8 Å². The molecule has 1 aliphatic heterocycles. The zero-order chi connectivity index (χ0) is 6.53. The lowest BCUT2D eigenvalue weighted by Gasteiger charge is -2.00. The van der Waals surface area contributed by atoms with Crippen molar-refractivity contribution in [3.8, 4) is 0 Å². The molecule has 0 aliphatic carbocycles. The van der Waals surface area contributed by atoms with Crippen molar-refractivity contribution in [2.75, 3.05) is 19.3 Å². The molecular formula is C6H13IN2S. The molecule has 4 heteroatoms. The Kier molecular flexibility index (Phi) is 6.62. The van der Waals surface area contributed by atoms with Gasteiger partial charge in [0.1, 0.15) is 0 Å². The molecule has 2 nitrogen and oxygen atoms in total. The zero-order valence-corrected chi connectivity index (χ0v) is 9.24. The van der Waals surface area contributed by atoms with Crippen LogP contribution in [-0.2, 0) is 0 Å². The molecule has 0 aromatic rings. The SMILES string of the molecule is CSC1=NCCCCN1.I. The van der Waals surface area contributed by atoms with Crippen molar-refractivity contribution in [1.29, 1.82) is 0 Å². The maximum absolute atomic E-state index is 4.31. The Labute approximate surface area is 83.3 Å². The Morgan fingerprint density at radius 1 is 1.50 bits per heavy atom. The van der Waals surface area contributed by atoms with Gasteiger partial charge in [0.2, 0.25) is 0 Å². The van der Waals surface area contributed by atoms with E-state index in [1.54, 1.807) is 11.8 Å². The quantitative estimate of drug-likeness (QED) is 0.679. The van der Waals surface area contributed by atoms with Gasteiger partial charge >= 0.3 is 0 Å². The zero-order valence-electron chi connectivity index (χ0n) is 6.09. The van der Waals surface area contributed by atoms with E-state index in [0.717, 1.165) is 18.3 Å². The summed E-state index contributed by atoms with van der Waals surface area (Å²) in [5, 5.41) is 4.35. The second-order valence-electron chi connectivity index (χ2n) is 2.02. The summed E-state index contributed by atoms with van der Waals surface area (Å²) < 4.78 is 0. The standard InChI is InChI=1S/C6H12N2S.HI/c1-9-6-7-4-2-3-5-8-6;/h2-5H2,1H3,(H,7,8);1H. The van der Waals surface area contributed by atoms with E-state index in [1.165, 1.54) is 12.8 Å². The van der Waals surface area contributed by atoms with Crippen LogP contribution in [0.2, 0.25) is 0 Å². The number of hydrogen-bond acceptors (Lipinski definition) is 3. The number of hydrogen-bond donors (Lipinski definition) is 1. The summed E-state index contributed by atoms with van der Waals surface area (Å²) >= 11 is 1.70. The third-order valence-corrected chi connectivity index (χ3v) is 1.97. The summed E-state index contributed by atoms with van der Waals surface area (Å²) in [5.74, 6) is 0. The van der Waals surface area contributed by atoms with Gasteiger partial charge in [-0.2, -0.15) is 0 Å². The van der Waals surface area contributed by atoms with Crippen LogP contribution in [0.4, 0.5) is 0 Å². The Bertz CT molecular complexity index is 116. The third-order valence-electron chi connectivity index (χ3n) is 1.31.